The van der Waals surface area contributed by atoms with Crippen molar-refractivity contribution in [3.63, 3.8) is 0 Å². The lowest BCUT2D eigenvalue weighted by molar-refractivity contribution is 0.0859. The van der Waals surface area contributed by atoms with Gasteiger partial charge in [0.25, 0.3) is 0 Å². The smallest absolute Gasteiger partial charge is 0.129 e. The maximum atomic E-state index is 4.86. The van der Waals surface area contributed by atoms with Crippen LogP contribution in [0.25, 0.3) is 10.9 Å². The van der Waals surface area contributed by atoms with Gasteiger partial charge in [-0.15, -0.1) is 0 Å². The SMILES string of the molecule is CCN1CCN(C2CN(c3cc(C)c4ccccc4n3)C2)CC1. The van der Waals surface area contributed by atoms with Crippen molar-refractivity contribution in [1.82, 2.24) is 14.8 Å². The van der Waals surface area contributed by atoms with Gasteiger partial charge in [-0.2, -0.15) is 0 Å². The minimum atomic E-state index is 0.711. The van der Waals surface area contributed by atoms with Gasteiger partial charge in [0, 0.05) is 50.7 Å². The van der Waals surface area contributed by atoms with Crippen LogP contribution in [0.4, 0.5) is 5.82 Å². The molecule has 0 bridgehead atoms. The first-order chi connectivity index (χ1) is 11.2. The number of nitrogens with zero attached hydrogens (tertiary/aromatic N) is 4. The van der Waals surface area contributed by atoms with Gasteiger partial charge in [-0.25, -0.2) is 4.98 Å². The predicted molar refractivity (Wildman–Crippen MR) is 96.2 cm³/mol. The number of aromatic nitrogens is 1. The Labute approximate surface area is 138 Å². The second kappa shape index (κ2) is 6.10. The van der Waals surface area contributed by atoms with Gasteiger partial charge < -0.3 is 9.80 Å². The van der Waals surface area contributed by atoms with Gasteiger partial charge in [0.15, 0.2) is 0 Å². The van der Waals surface area contributed by atoms with Crippen LogP contribution in [0.2, 0.25) is 0 Å². The van der Waals surface area contributed by atoms with E-state index in [1.165, 1.54) is 43.7 Å². The first kappa shape index (κ1) is 14.9. The summed E-state index contributed by atoms with van der Waals surface area (Å²) < 4.78 is 0. The van der Waals surface area contributed by atoms with Crippen molar-refractivity contribution in [3.05, 3.63) is 35.9 Å². The number of pyridine rings is 1. The molecule has 0 N–H and O–H groups in total. The van der Waals surface area contributed by atoms with Crippen molar-refractivity contribution in [2.45, 2.75) is 19.9 Å². The van der Waals surface area contributed by atoms with E-state index in [9.17, 15) is 0 Å². The summed E-state index contributed by atoms with van der Waals surface area (Å²) in [7, 11) is 0. The van der Waals surface area contributed by atoms with Gasteiger partial charge in [0.1, 0.15) is 5.82 Å². The standard InChI is InChI=1S/C19H26N4/c1-3-21-8-10-22(11-9-21)16-13-23(14-16)19-12-15(2)17-6-4-5-7-18(17)20-19/h4-7,12,16H,3,8-11,13-14H2,1-2H3. The normalized spacial score (nSPS) is 20.9. The second-order valence-corrected chi connectivity index (χ2v) is 6.84. The lowest BCUT2D eigenvalue weighted by Crippen LogP contribution is -2.63. The summed E-state index contributed by atoms with van der Waals surface area (Å²) in [5, 5.41) is 1.27. The molecule has 0 radical (unpaired) electrons. The number of hydrogen-bond donors (Lipinski definition) is 0. The van der Waals surface area contributed by atoms with Crippen molar-refractivity contribution in [2.24, 2.45) is 0 Å². The Kier molecular flexibility index (Phi) is 3.95. The zero-order valence-corrected chi connectivity index (χ0v) is 14.2. The van der Waals surface area contributed by atoms with E-state index < -0.39 is 0 Å². The van der Waals surface area contributed by atoms with Gasteiger partial charge in [-0.05, 0) is 31.2 Å². The van der Waals surface area contributed by atoms with E-state index in [0.29, 0.717) is 6.04 Å². The zero-order chi connectivity index (χ0) is 15.8. The Balaban J connectivity index is 1.42. The quantitative estimate of drug-likeness (QED) is 0.868. The summed E-state index contributed by atoms with van der Waals surface area (Å²) in [6, 6.07) is 11.4. The topological polar surface area (TPSA) is 22.6 Å². The molecule has 0 spiro atoms. The number of para-hydroxylation sites is 1. The molecule has 2 aromatic rings. The van der Waals surface area contributed by atoms with Crippen molar-refractivity contribution >= 4 is 16.7 Å². The third-order valence-electron chi connectivity index (χ3n) is 5.47. The average molecular weight is 310 g/mol. The van der Waals surface area contributed by atoms with E-state index >= 15 is 0 Å². The Bertz CT molecular complexity index is 685. The number of aryl methyl sites for hydroxylation is 1. The molecule has 2 saturated heterocycles. The number of rotatable bonds is 3. The molecule has 0 aliphatic carbocycles. The molecule has 2 fully saturated rings. The van der Waals surface area contributed by atoms with Crippen LogP contribution in [0.5, 0.6) is 0 Å². The molecule has 3 heterocycles. The fraction of sp³-hybridized carbons (Fsp3) is 0.526. The molecule has 23 heavy (non-hydrogen) atoms. The molecule has 122 valence electrons. The first-order valence-corrected chi connectivity index (χ1v) is 8.82. The van der Waals surface area contributed by atoms with Crippen LogP contribution in [-0.2, 0) is 0 Å². The summed E-state index contributed by atoms with van der Waals surface area (Å²) in [5.74, 6) is 1.14. The lowest BCUT2D eigenvalue weighted by atomic mass is 10.0. The van der Waals surface area contributed by atoms with Crippen LogP contribution in [0, 0.1) is 6.92 Å². The van der Waals surface area contributed by atoms with Gasteiger partial charge in [-0.3, -0.25) is 4.90 Å². The van der Waals surface area contributed by atoms with E-state index in [2.05, 4.69) is 58.9 Å². The first-order valence-electron chi connectivity index (χ1n) is 8.82. The highest BCUT2D eigenvalue weighted by atomic mass is 15.4. The Morgan fingerprint density at radius 3 is 2.57 bits per heavy atom. The van der Waals surface area contributed by atoms with Crippen LogP contribution in [0.15, 0.2) is 30.3 Å². The molecule has 0 saturated carbocycles. The molecular weight excluding hydrogens is 284 g/mol. The minimum absolute atomic E-state index is 0.711. The highest BCUT2D eigenvalue weighted by Crippen LogP contribution is 2.27. The molecule has 4 rings (SSSR count). The number of likely N-dealkylation sites (N-methyl/N-ethyl adjacent to an activating group) is 1. The molecule has 4 nitrogen and oxygen atoms in total. The molecule has 2 aliphatic heterocycles. The van der Waals surface area contributed by atoms with Gasteiger partial charge in [0.2, 0.25) is 0 Å². The van der Waals surface area contributed by atoms with Crippen LogP contribution < -0.4 is 4.90 Å². The fourth-order valence-electron chi connectivity index (χ4n) is 3.81. The Hall–Kier alpha value is -1.65. The van der Waals surface area contributed by atoms with Crippen molar-refractivity contribution in [1.29, 1.82) is 0 Å². The number of hydrogen-bond acceptors (Lipinski definition) is 4. The van der Waals surface area contributed by atoms with Gasteiger partial charge in [0.05, 0.1) is 5.52 Å². The van der Waals surface area contributed by atoms with E-state index in [-0.39, 0.29) is 0 Å². The van der Waals surface area contributed by atoms with E-state index in [1.807, 2.05) is 0 Å². The molecule has 0 unspecified atom stereocenters. The largest absolute Gasteiger partial charge is 0.353 e. The van der Waals surface area contributed by atoms with E-state index in [1.54, 1.807) is 0 Å². The second-order valence-electron chi connectivity index (χ2n) is 6.84. The summed E-state index contributed by atoms with van der Waals surface area (Å²) in [6.07, 6.45) is 0. The van der Waals surface area contributed by atoms with Crippen LogP contribution in [0.3, 0.4) is 0 Å². The summed E-state index contributed by atoms with van der Waals surface area (Å²) in [5.41, 5.74) is 2.44. The molecule has 2 aliphatic rings. The number of piperazine rings is 1. The maximum absolute atomic E-state index is 4.86. The van der Waals surface area contributed by atoms with Crippen molar-refractivity contribution in [2.75, 3.05) is 50.7 Å². The molecule has 1 aromatic heterocycles. The molecule has 1 aromatic carbocycles. The molecule has 0 amide bonds. The lowest BCUT2D eigenvalue weighted by Gasteiger charge is -2.48. The Morgan fingerprint density at radius 2 is 1.83 bits per heavy atom. The molecule has 0 atom stereocenters. The van der Waals surface area contributed by atoms with Crippen molar-refractivity contribution < 1.29 is 0 Å². The third-order valence-corrected chi connectivity index (χ3v) is 5.47. The third kappa shape index (κ3) is 2.81. The summed E-state index contributed by atoms with van der Waals surface area (Å²) in [6.45, 7) is 12.8. The maximum Gasteiger partial charge on any atom is 0.129 e. The minimum Gasteiger partial charge on any atom is -0.353 e. The molecule has 4 heteroatoms. The van der Waals surface area contributed by atoms with Gasteiger partial charge in [-0.1, -0.05) is 25.1 Å². The highest BCUT2D eigenvalue weighted by Gasteiger charge is 2.34. The predicted octanol–water partition coefficient (Wildman–Crippen LogP) is 2.37. The van der Waals surface area contributed by atoms with Crippen LogP contribution >= 0.6 is 0 Å². The number of benzene rings is 1. The number of anilines is 1. The summed E-state index contributed by atoms with van der Waals surface area (Å²) >= 11 is 0. The zero-order valence-electron chi connectivity index (χ0n) is 14.2. The molecular formula is C19H26N4. The summed E-state index contributed by atoms with van der Waals surface area (Å²) in [4.78, 5) is 12.5. The van der Waals surface area contributed by atoms with Crippen LogP contribution in [0.1, 0.15) is 12.5 Å². The van der Waals surface area contributed by atoms with Crippen molar-refractivity contribution in [3.8, 4) is 0 Å². The average Bonchev–Trinajstić information content (AvgIpc) is 2.54. The number of fused-ring (bicyclic) bond motifs is 1. The fourth-order valence-corrected chi connectivity index (χ4v) is 3.81. The van der Waals surface area contributed by atoms with E-state index in [4.69, 9.17) is 4.98 Å². The van der Waals surface area contributed by atoms with Gasteiger partial charge >= 0.3 is 0 Å². The Morgan fingerprint density at radius 1 is 1.09 bits per heavy atom. The van der Waals surface area contributed by atoms with E-state index in [0.717, 1.165) is 24.4 Å². The highest BCUT2D eigenvalue weighted by molar-refractivity contribution is 5.83. The monoisotopic (exact) mass is 310 g/mol. The van der Waals surface area contributed by atoms with Crippen LogP contribution in [-0.4, -0.2) is 66.6 Å².